The quantitative estimate of drug-likeness (QED) is 0.178. The second-order valence-electron chi connectivity index (χ2n) is 3.41. The summed E-state index contributed by atoms with van der Waals surface area (Å²) in [6.07, 6.45) is 2.54. The third-order valence-electron chi connectivity index (χ3n) is 2.07. The van der Waals surface area contributed by atoms with Crippen LogP contribution in [0.2, 0.25) is 0 Å². The molecule has 0 saturated carbocycles. The number of aryl methyl sites for hydroxylation is 1. The highest BCUT2D eigenvalue weighted by atomic mass is 16.4. The largest absolute Gasteiger partial charge is 0.409 e. The van der Waals surface area contributed by atoms with Crippen molar-refractivity contribution in [2.75, 3.05) is 0 Å². The number of aromatic amines is 2. The molecule has 1 aromatic heterocycles. The molecule has 1 heterocycles. The zero-order valence-electron chi connectivity index (χ0n) is 8.69. The number of nitrogens with one attached hydrogen (secondary N) is 2. The number of hydrogen-bond acceptors (Lipinski definition) is 4. The zero-order chi connectivity index (χ0) is 12.0. The molecule has 0 saturated heterocycles. The van der Waals surface area contributed by atoms with Crippen molar-refractivity contribution >= 4 is 5.84 Å². The van der Waals surface area contributed by atoms with Gasteiger partial charge in [-0.1, -0.05) is 5.16 Å². The van der Waals surface area contributed by atoms with Crippen molar-refractivity contribution in [3.63, 3.8) is 0 Å². The van der Waals surface area contributed by atoms with Crippen LogP contribution in [0.1, 0.15) is 25.0 Å². The van der Waals surface area contributed by atoms with Gasteiger partial charge in [0.15, 0.2) is 0 Å². The molecule has 1 rings (SSSR count). The maximum Gasteiger partial charge on any atom is 0.325 e. The van der Waals surface area contributed by atoms with Gasteiger partial charge in [-0.05, 0) is 19.3 Å². The van der Waals surface area contributed by atoms with Crippen molar-refractivity contribution in [2.24, 2.45) is 10.9 Å². The van der Waals surface area contributed by atoms with E-state index >= 15 is 0 Å². The average Bonchev–Trinajstić information content (AvgIpc) is 2.22. The molecule has 0 aliphatic carbocycles. The summed E-state index contributed by atoms with van der Waals surface area (Å²) in [6.45, 7) is 0. The van der Waals surface area contributed by atoms with E-state index in [-0.39, 0.29) is 5.84 Å². The maximum absolute atomic E-state index is 11.0. The van der Waals surface area contributed by atoms with Crippen LogP contribution in [-0.2, 0) is 6.42 Å². The second kappa shape index (κ2) is 5.74. The molecule has 0 amide bonds. The number of unbranched alkanes of at least 4 members (excludes halogenated alkanes) is 1. The SMILES string of the molecule is NC(CCCCc1cc(=O)[nH]c(=O)[nH]1)=NO. The number of hydrogen-bond donors (Lipinski definition) is 4. The third kappa shape index (κ3) is 3.99. The molecular formula is C9H14N4O3. The molecule has 0 aromatic carbocycles. The van der Waals surface area contributed by atoms with Crippen molar-refractivity contribution in [3.05, 3.63) is 32.6 Å². The molecule has 0 fully saturated rings. The number of H-pyrrole nitrogens is 2. The summed E-state index contributed by atoms with van der Waals surface area (Å²) in [6, 6.07) is 1.35. The van der Waals surface area contributed by atoms with Gasteiger partial charge in [0, 0.05) is 18.2 Å². The highest BCUT2D eigenvalue weighted by molar-refractivity contribution is 5.79. The minimum absolute atomic E-state index is 0.180. The first-order valence-electron chi connectivity index (χ1n) is 4.90. The molecular weight excluding hydrogens is 212 g/mol. The van der Waals surface area contributed by atoms with Crippen molar-refractivity contribution in [1.82, 2.24) is 9.97 Å². The van der Waals surface area contributed by atoms with E-state index in [0.29, 0.717) is 18.5 Å². The van der Waals surface area contributed by atoms with E-state index in [2.05, 4.69) is 15.1 Å². The van der Waals surface area contributed by atoms with E-state index in [4.69, 9.17) is 10.9 Å². The van der Waals surface area contributed by atoms with Gasteiger partial charge in [0.2, 0.25) is 0 Å². The lowest BCUT2D eigenvalue weighted by atomic mass is 10.1. The van der Waals surface area contributed by atoms with Gasteiger partial charge in [0.25, 0.3) is 5.56 Å². The van der Waals surface area contributed by atoms with Gasteiger partial charge in [0.1, 0.15) is 5.84 Å². The number of nitrogens with zero attached hydrogens (tertiary/aromatic N) is 1. The summed E-state index contributed by atoms with van der Waals surface area (Å²) >= 11 is 0. The smallest absolute Gasteiger partial charge is 0.325 e. The van der Waals surface area contributed by atoms with Gasteiger partial charge in [-0.3, -0.25) is 9.78 Å². The lowest BCUT2D eigenvalue weighted by Crippen LogP contribution is -2.22. The first-order valence-corrected chi connectivity index (χ1v) is 4.90. The molecule has 1 aromatic rings. The summed E-state index contributed by atoms with van der Waals surface area (Å²) in [5.74, 6) is 0.180. The van der Waals surface area contributed by atoms with Crippen molar-refractivity contribution < 1.29 is 5.21 Å². The minimum Gasteiger partial charge on any atom is -0.409 e. The molecule has 7 nitrogen and oxygen atoms in total. The molecule has 0 aliphatic heterocycles. The Bertz CT molecular complexity index is 446. The van der Waals surface area contributed by atoms with E-state index in [0.717, 1.165) is 12.8 Å². The standard InChI is InChI=1S/C9H14N4O3/c10-7(13-16)4-2-1-3-6-5-8(14)12-9(15)11-6/h5,16H,1-4H2,(H2,10,13)(H2,11,12,14,15). The van der Waals surface area contributed by atoms with E-state index in [1.165, 1.54) is 6.07 Å². The predicted octanol–water partition coefficient (Wildman–Crippen LogP) is -0.478. The zero-order valence-corrected chi connectivity index (χ0v) is 8.69. The molecule has 16 heavy (non-hydrogen) atoms. The van der Waals surface area contributed by atoms with Crippen molar-refractivity contribution in [3.8, 4) is 0 Å². The summed E-state index contributed by atoms with van der Waals surface area (Å²) in [5.41, 5.74) is 4.97. The Kier molecular flexibility index (Phi) is 4.31. The number of rotatable bonds is 5. The molecule has 0 radical (unpaired) electrons. The molecule has 7 heteroatoms. The summed E-state index contributed by atoms with van der Waals surface area (Å²) < 4.78 is 0. The topological polar surface area (TPSA) is 124 Å². The fraction of sp³-hybridized carbons (Fsp3) is 0.444. The van der Waals surface area contributed by atoms with Crippen LogP contribution in [0.3, 0.4) is 0 Å². The van der Waals surface area contributed by atoms with Gasteiger partial charge in [-0.15, -0.1) is 0 Å². The fourth-order valence-corrected chi connectivity index (χ4v) is 1.33. The number of oxime groups is 1. The van der Waals surface area contributed by atoms with Crippen LogP contribution in [-0.4, -0.2) is 21.0 Å². The van der Waals surface area contributed by atoms with Crippen LogP contribution < -0.4 is 17.0 Å². The van der Waals surface area contributed by atoms with E-state index in [1.54, 1.807) is 0 Å². The van der Waals surface area contributed by atoms with Crippen LogP contribution in [0, 0.1) is 0 Å². The highest BCUT2D eigenvalue weighted by Gasteiger charge is 1.98. The maximum atomic E-state index is 11.0. The van der Waals surface area contributed by atoms with Crippen molar-refractivity contribution in [1.29, 1.82) is 0 Å². The Morgan fingerprint density at radius 1 is 1.38 bits per heavy atom. The normalized spacial score (nSPS) is 11.6. The van der Waals surface area contributed by atoms with Crippen LogP contribution in [0.15, 0.2) is 20.8 Å². The summed E-state index contributed by atoms with van der Waals surface area (Å²) in [5, 5.41) is 11.1. The van der Waals surface area contributed by atoms with Gasteiger partial charge in [0.05, 0.1) is 0 Å². The summed E-state index contributed by atoms with van der Waals surface area (Å²) in [4.78, 5) is 26.5. The van der Waals surface area contributed by atoms with Gasteiger partial charge in [-0.2, -0.15) is 0 Å². The first kappa shape index (κ1) is 12.0. The van der Waals surface area contributed by atoms with Crippen LogP contribution in [0.4, 0.5) is 0 Å². The number of amidine groups is 1. The molecule has 0 aliphatic rings. The first-order chi connectivity index (χ1) is 7.61. The lowest BCUT2D eigenvalue weighted by molar-refractivity contribution is 0.316. The van der Waals surface area contributed by atoms with Gasteiger partial charge >= 0.3 is 5.69 Å². The van der Waals surface area contributed by atoms with E-state index in [9.17, 15) is 9.59 Å². The van der Waals surface area contributed by atoms with Gasteiger partial charge < -0.3 is 15.9 Å². The number of aromatic nitrogens is 2. The Morgan fingerprint density at radius 2 is 2.12 bits per heavy atom. The monoisotopic (exact) mass is 226 g/mol. The highest BCUT2D eigenvalue weighted by Crippen LogP contribution is 2.00. The van der Waals surface area contributed by atoms with Crippen LogP contribution >= 0.6 is 0 Å². The summed E-state index contributed by atoms with van der Waals surface area (Å²) in [7, 11) is 0. The minimum atomic E-state index is -0.501. The number of nitrogens with two attached hydrogens (primary N) is 1. The molecule has 88 valence electrons. The molecule has 0 unspecified atom stereocenters. The molecule has 0 atom stereocenters. The van der Waals surface area contributed by atoms with Crippen molar-refractivity contribution in [2.45, 2.75) is 25.7 Å². The van der Waals surface area contributed by atoms with Crippen LogP contribution in [0.5, 0.6) is 0 Å². The third-order valence-corrected chi connectivity index (χ3v) is 2.07. The Hall–Kier alpha value is -2.05. The molecule has 0 spiro atoms. The van der Waals surface area contributed by atoms with E-state index in [1.807, 2.05) is 0 Å². The fourth-order valence-electron chi connectivity index (χ4n) is 1.33. The van der Waals surface area contributed by atoms with Crippen LogP contribution in [0.25, 0.3) is 0 Å². The Morgan fingerprint density at radius 3 is 2.75 bits per heavy atom. The predicted molar refractivity (Wildman–Crippen MR) is 58.6 cm³/mol. The average molecular weight is 226 g/mol. The van der Waals surface area contributed by atoms with Gasteiger partial charge in [-0.25, -0.2) is 4.79 Å². The lowest BCUT2D eigenvalue weighted by Gasteiger charge is -2.00. The Balaban J connectivity index is 2.43. The molecule has 5 N–H and O–H groups in total. The Labute approximate surface area is 91.0 Å². The van der Waals surface area contributed by atoms with E-state index < -0.39 is 11.2 Å². The molecule has 0 bridgehead atoms. The second-order valence-corrected chi connectivity index (χ2v) is 3.41.